The van der Waals surface area contributed by atoms with Crippen LogP contribution >= 0.6 is 15.9 Å². The SMILES string of the molecule is COc1cc(C#N)cc(Br)c1OC1CCCC1. The average molecular weight is 296 g/mol. The summed E-state index contributed by atoms with van der Waals surface area (Å²) in [4.78, 5) is 0. The standard InChI is InChI=1S/C13H14BrNO2/c1-16-12-7-9(8-15)6-11(14)13(12)17-10-4-2-3-5-10/h6-7,10H,2-5H2,1H3. The van der Waals surface area contributed by atoms with Crippen molar-refractivity contribution >= 4 is 15.9 Å². The van der Waals surface area contributed by atoms with E-state index in [9.17, 15) is 0 Å². The Bertz CT molecular complexity index is 447. The Kier molecular flexibility index (Phi) is 3.90. The fourth-order valence-electron chi connectivity index (χ4n) is 2.07. The molecule has 0 aliphatic heterocycles. The Labute approximate surface area is 109 Å². The van der Waals surface area contributed by atoms with Crippen molar-refractivity contribution in [1.82, 2.24) is 0 Å². The molecule has 17 heavy (non-hydrogen) atoms. The first-order valence-electron chi connectivity index (χ1n) is 5.69. The summed E-state index contributed by atoms with van der Waals surface area (Å²) in [7, 11) is 1.59. The highest BCUT2D eigenvalue weighted by molar-refractivity contribution is 9.10. The zero-order chi connectivity index (χ0) is 12.3. The van der Waals surface area contributed by atoms with E-state index in [-0.39, 0.29) is 6.10 Å². The lowest BCUT2D eigenvalue weighted by Crippen LogP contribution is -2.12. The molecule has 90 valence electrons. The summed E-state index contributed by atoms with van der Waals surface area (Å²) < 4.78 is 12.0. The van der Waals surface area contributed by atoms with Crippen LogP contribution in [0.1, 0.15) is 31.2 Å². The second-order valence-electron chi connectivity index (χ2n) is 4.13. The van der Waals surface area contributed by atoms with Gasteiger partial charge in [0, 0.05) is 6.07 Å². The van der Waals surface area contributed by atoms with Crippen molar-refractivity contribution in [3.63, 3.8) is 0 Å². The lowest BCUT2D eigenvalue weighted by molar-refractivity contribution is 0.199. The van der Waals surface area contributed by atoms with Crippen molar-refractivity contribution in [3.05, 3.63) is 22.2 Å². The maximum absolute atomic E-state index is 8.89. The molecule has 0 atom stereocenters. The highest BCUT2D eigenvalue weighted by atomic mass is 79.9. The molecule has 3 nitrogen and oxygen atoms in total. The third-order valence-corrected chi connectivity index (χ3v) is 3.53. The van der Waals surface area contributed by atoms with E-state index in [4.69, 9.17) is 14.7 Å². The maximum atomic E-state index is 8.89. The highest BCUT2D eigenvalue weighted by Crippen LogP contribution is 2.38. The predicted molar refractivity (Wildman–Crippen MR) is 68.3 cm³/mol. The average Bonchev–Trinajstić information content (AvgIpc) is 2.84. The molecule has 0 aromatic heterocycles. The van der Waals surface area contributed by atoms with E-state index < -0.39 is 0 Å². The molecule has 0 radical (unpaired) electrons. The minimum absolute atomic E-state index is 0.271. The molecule has 0 spiro atoms. The third kappa shape index (κ3) is 2.73. The van der Waals surface area contributed by atoms with Gasteiger partial charge in [-0.05, 0) is 47.7 Å². The van der Waals surface area contributed by atoms with Crippen LogP contribution in [0, 0.1) is 11.3 Å². The Morgan fingerprint density at radius 3 is 2.65 bits per heavy atom. The molecule has 0 unspecified atom stereocenters. The van der Waals surface area contributed by atoms with Crippen molar-refractivity contribution in [3.8, 4) is 17.6 Å². The van der Waals surface area contributed by atoms with E-state index in [0.29, 0.717) is 17.1 Å². The van der Waals surface area contributed by atoms with Gasteiger partial charge in [0.1, 0.15) is 0 Å². The van der Waals surface area contributed by atoms with E-state index >= 15 is 0 Å². The Morgan fingerprint density at radius 2 is 2.06 bits per heavy atom. The van der Waals surface area contributed by atoms with Crippen molar-refractivity contribution in [2.75, 3.05) is 7.11 Å². The van der Waals surface area contributed by atoms with Crippen molar-refractivity contribution < 1.29 is 9.47 Å². The molecular formula is C13H14BrNO2. The molecule has 1 aromatic carbocycles. The van der Waals surface area contributed by atoms with Gasteiger partial charge in [-0.2, -0.15) is 5.26 Å². The lowest BCUT2D eigenvalue weighted by atomic mass is 10.2. The molecule has 0 bridgehead atoms. The normalized spacial score (nSPS) is 15.6. The number of hydrogen-bond donors (Lipinski definition) is 0. The fourth-order valence-corrected chi connectivity index (χ4v) is 2.61. The van der Waals surface area contributed by atoms with Crippen LogP contribution in [0.4, 0.5) is 0 Å². The first-order valence-corrected chi connectivity index (χ1v) is 6.48. The molecule has 1 aliphatic rings. The first kappa shape index (κ1) is 12.3. The molecular weight excluding hydrogens is 282 g/mol. The van der Waals surface area contributed by atoms with Gasteiger partial charge in [0.15, 0.2) is 11.5 Å². The second-order valence-corrected chi connectivity index (χ2v) is 4.98. The van der Waals surface area contributed by atoms with Crippen LogP contribution in [0.5, 0.6) is 11.5 Å². The summed E-state index contributed by atoms with van der Waals surface area (Å²) >= 11 is 3.43. The number of halogens is 1. The summed E-state index contributed by atoms with van der Waals surface area (Å²) in [5.41, 5.74) is 0.562. The molecule has 0 amide bonds. The number of benzene rings is 1. The van der Waals surface area contributed by atoms with Gasteiger partial charge < -0.3 is 9.47 Å². The third-order valence-electron chi connectivity index (χ3n) is 2.95. The minimum Gasteiger partial charge on any atom is -0.493 e. The van der Waals surface area contributed by atoms with Gasteiger partial charge in [0.2, 0.25) is 0 Å². The molecule has 0 heterocycles. The fraction of sp³-hybridized carbons (Fsp3) is 0.462. The van der Waals surface area contributed by atoms with E-state index in [2.05, 4.69) is 22.0 Å². The van der Waals surface area contributed by atoms with E-state index in [0.717, 1.165) is 17.3 Å². The van der Waals surface area contributed by atoms with Gasteiger partial charge in [-0.3, -0.25) is 0 Å². The van der Waals surface area contributed by atoms with Gasteiger partial charge >= 0.3 is 0 Å². The predicted octanol–water partition coefficient (Wildman–Crippen LogP) is 3.65. The van der Waals surface area contributed by atoms with Crippen LogP contribution in [0.2, 0.25) is 0 Å². The molecule has 1 saturated carbocycles. The molecule has 0 N–H and O–H groups in total. The molecule has 1 aliphatic carbocycles. The highest BCUT2D eigenvalue weighted by Gasteiger charge is 2.20. The van der Waals surface area contributed by atoms with Crippen LogP contribution in [0.3, 0.4) is 0 Å². The monoisotopic (exact) mass is 295 g/mol. The minimum atomic E-state index is 0.271. The zero-order valence-electron chi connectivity index (χ0n) is 9.70. The van der Waals surface area contributed by atoms with Gasteiger partial charge in [-0.15, -0.1) is 0 Å². The largest absolute Gasteiger partial charge is 0.493 e. The van der Waals surface area contributed by atoms with E-state index in [1.54, 1.807) is 19.2 Å². The summed E-state index contributed by atoms with van der Waals surface area (Å²) in [5, 5.41) is 8.89. The Hall–Kier alpha value is -1.21. The number of methoxy groups -OCH3 is 1. The summed E-state index contributed by atoms with van der Waals surface area (Å²) in [6, 6.07) is 5.56. The Balaban J connectivity index is 2.28. The molecule has 2 rings (SSSR count). The van der Waals surface area contributed by atoms with Crippen molar-refractivity contribution in [2.45, 2.75) is 31.8 Å². The van der Waals surface area contributed by atoms with Gasteiger partial charge in [0.05, 0.1) is 29.3 Å². The molecule has 4 heteroatoms. The molecule has 1 aromatic rings. The number of rotatable bonds is 3. The lowest BCUT2D eigenvalue weighted by Gasteiger charge is -2.17. The van der Waals surface area contributed by atoms with E-state index in [1.807, 2.05) is 0 Å². The number of nitrogens with zero attached hydrogens (tertiary/aromatic N) is 1. The number of ether oxygens (including phenoxy) is 2. The smallest absolute Gasteiger partial charge is 0.175 e. The first-order chi connectivity index (χ1) is 8.24. The number of nitriles is 1. The number of hydrogen-bond acceptors (Lipinski definition) is 3. The summed E-state index contributed by atoms with van der Waals surface area (Å²) in [6.07, 6.45) is 4.90. The van der Waals surface area contributed by atoms with Crippen molar-refractivity contribution in [1.29, 1.82) is 5.26 Å². The summed E-state index contributed by atoms with van der Waals surface area (Å²) in [6.45, 7) is 0. The maximum Gasteiger partial charge on any atom is 0.175 e. The van der Waals surface area contributed by atoms with Crippen LogP contribution in [-0.2, 0) is 0 Å². The van der Waals surface area contributed by atoms with Gasteiger partial charge in [0.25, 0.3) is 0 Å². The van der Waals surface area contributed by atoms with Gasteiger partial charge in [-0.1, -0.05) is 0 Å². The van der Waals surface area contributed by atoms with E-state index in [1.165, 1.54) is 12.8 Å². The van der Waals surface area contributed by atoms with Crippen LogP contribution < -0.4 is 9.47 Å². The quantitative estimate of drug-likeness (QED) is 0.855. The van der Waals surface area contributed by atoms with Crippen molar-refractivity contribution in [2.24, 2.45) is 0 Å². The van der Waals surface area contributed by atoms with Crippen LogP contribution in [0.15, 0.2) is 16.6 Å². The van der Waals surface area contributed by atoms with Crippen LogP contribution in [-0.4, -0.2) is 13.2 Å². The molecule has 0 saturated heterocycles. The topological polar surface area (TPSA) is 42.2 Å². The summed E-state index contributed by atoms with van der Waals surface area (Å²) in [5.74, 6) is 1.32. The molecule has 1 fully saturated rings. The second kappa shape index (κ2) is 5.42. The van der Waals surface area contributed by atoms with Crippen LogP contribution in [0.25, 0.3) is 0 Å². The Morgan fingerprint density at radius 1 is 1.35 bits per heavy atom. The van der Waals surface area contributed by atoms with Gasteiger partial charge in [-0.25, -0.2) is 0 Å². The zero-order valence-corrected chi connectivity index (χ0v) is 11.3.